The molecule has 1 aromatic rings. The van der Waals surface area contributed by atoms with Crippen LogP contribution in [-0.4, -0.2) is 31.3 Å². The number of anilines is 1. The summed E-state index contributed by atoms with van der Waals surface area (Å²) >= 11 is 5.95. The van der Waals surface area contributed by atoms with Gasteiger partial charge in [-0.2, -0.15) is 0 Å². The maximum atomic E-state index is 11.7. The Hall–Kier alpha value is -1.95. The van der Waals surface area contributed by atoms with Gasteiger partial charge >= 0.3 is 6.09 Å². The lowest BCUT2D eigenvalue weighted by Gasteiger charge is -2.19. The summed E-state index contributed by atoms with van der Waals surface area (Å²) in [5.41, 5.74) is -0.0962. The lowest BCUT2D eigenvalue weighted by atomic mass is 10.2. The SMILES string of the molecule is COc1ccc(NC(=O)CNC(=O)OC(C)(C)C)cc1Cl. The quantitative estimate of drug-likeness (QED) is 0.896. The molecule has 0 aliphatic rings. The zero-order valence-corrected chi connectivity index (χ0v) is 13.2. The maximum absolute atomic E-state index is 11.7. The van der Waals surface area contributed by atoms with E-state index in [-0.39, 0.29) is 12.5 Å². The number of carbonyl (C=O) groups excluding carboxylic acids is 2. The first kappa shape index (κ1) is 17.1. The first-order valence-electron chi connectivity index (χ1n) is 6.31. The summed E-state index contributed by atoms with van der Waals surface area (Å²) in [7, 11) is 1.50. The fraction of sp³-hybridized carbons (Fsp3) is 0.429. The Bertz CT molecular complexity index is 526. The molecule has 0 aliphatic carbocycles. The van der Waals surface area contributed by atoms with Crippen molar-refractivity contribution in [3.05, 3.63) is 23.2 Å². The van der Waals surface area contributed by atoms with Gasteiger partial charge in [0, 0.05) is 5.69 Å². The number of benzene rings is 1. The van der Waals surface area contributed by atoms with E-state index >= 15 is 0 Å². The molecule has 1 rings (SSSR count). The van der Waals surface area contributed by atoms with Crippen LogP contribution >= 0.6 is 11.6 Å². The third kappa shape index (κ3) is 6.35. The molecule has 0 saturated carbocycles. The van der Waals surface area contributed by atoms with Gasteiger partial charge in [-0.05, 0) is 39.0 Å². The van der Waals surface area contributed by atoms with Crippen LogP contribution in [0.4, 0.5) is 10.5 Å². The number of methoxy groups -OCH3 is 1. The molecule has 7 heteroatoms. The first-order valence-corrected chi connectivity index (χ1v) is 6.69. The molecule has 6 nitrogen and oxygen atoms in total. The summed E-state index contributed by atoms with van der Waals surface area (Å²) in [5, 5.41) is 5.35. The molecule has 2 amide bonds. The second-order valence-corrected chi connectivity index (χ2v) is 5.66. The van der Waals surface area contributed by atoms with Crippen molar-refractivity contribution in [1.29, 1.82) is 0 Å². The zero-order chi connectivity index (χ0) is 16.0. The number of nitrogens with one attached hydrogen (secondary N) is 2. The van der Waals surface area contributed by atoms with Crippen LogP contribution in [0.15, 0.2) is 18.2 Å². The highest BCUT2D eigenvalue weighted by Gasteiger charge is 2.16. The molecule has 0 saturated heterocycles. The molecule has 0 atom stereocenters. The Balaban J connectivity index is 2.47. The number of halogens is 1. The van der Waals surface area contributed by atoms with E-state index in [1.165, 1.54) is 7.11 Å². The van der Waals surface area contributed by atoms with Crippen LogP contribution in [0.5, 0.6) is 5.75 Å². The van der Waals surface area contributed by atoms with E-state index in [0.717, 1.165) is 0 Å². The van der Waals surface area contributed by atoms with Crippen molar-refractivity contribution >= 4 is 29.3 Å². The molecule has 2 N–H and O–H groups in total. The van der Waals surface area contributed by atoms with Crippen molar-refractivity contribution in [3.63, 3.8) is 0 Å². The fourth-order valence-corrected chi connectivity index (χ4v) is 1.67. The summed E-state index contributed by atoms with van der Waals surface area (Å²) in [5.74, 6) is 0.128. The second kappa shape index (κ2) is 7.17. The summed E-state index contributed by atoms with van der Waals surface area (Å²) in [6, 6.07) is 4.85. The average Bonchev–Trinajstić information content (AvgIpc) is 2.34. The molecule has 0 heterocycles. The van der Waals surface area contributed by atoms with Crippen molar-refractivity contribution in [1.82, 2.24) is 5.32 Å². The minimum absolute atomic E-state index is 0.196. The maximum Gasteiger partial charge on any atom is 0.408 e. The summed E-state index contributed by atoms with van der Waals surface area (Å²) < 4.78 is 10.0. The minimum Gasteiger partial charge on any atom is -0.495 e. The Kier molecular flexibility index (Phi) is 5.84. The zero-order valence-electron chi connectivity index (χ0n) is 12.5. The van der Waals surface area contributed by atoms with Gasteiger partial charge in [0.2, 0.25) is 5.91 Å². The molecule has 0 aromatic heterocycles. The van der Waals surface area contributed by atoms with Crippen molar-refractivity contribution < 1.29 is 19.1 Å². The van der Waals surface area contributed by atoms with Crippen LogP contribution in [0.3, 0.4) is 0 Å². The monoisotopic (exact) mass is 314 g/mol. The lowest BCUT2D eigenvalue weighted by molar-refractivity contribution is -0.115. The third-order valence-corrected chi connectivity index (χ3v) is 2.52. The number of alkyl carbamates (subject to hydrolysis) is 1. The number of rotatable bonds is 4. The number of hydrogen-bond donors (Lipinski definition) is 2. The Morgan fingerprint density at radius 1 is 1.29 bits per heavy atom. The summed E-state index contributed by atoms with van der Waals surface area (Å²) in [6.07, 6.45) is -0.648. The number of carbonyl (C=O) groups is 2. The van der Waals surface area contributed by atoms with E-state index in [1.807, 2.05) is 0 Å². The number of hydrogen-bond acceptors (Lipinski definition) is 4. The first-order chi connectivity index (χ1) is 9.71. The van der Waals surface area contributed by atoms with Gasteiger partial charge in [0.25, 0.3) is 0 Å². The van der Waals surface area contributed by atoms with Gasteiger partial charge in [0.15, 0.2) is 0 Å². The third-order valence-electron chi connectivity index (χ3n) is 2.23. The number of ether oxygens (including phenoxy) is 2. The summed E-state index contributed by atoms with van der Waals surface area (Å²) in [6.45, 7) is 5.03. The highest BCUT2D eigenvalue weighted by atomic mass is 35.5. The van der Waals surface area contributed by atoms with Crippen molar-refractivity contribution in [2.75, 3.05) is 19.0 Å². The topological polar surface area (TPSA) is 76.7 Å². The van der Waals surface area contributed by atoms with E-state index in [0.29, 0.717) is 16.5 Å². The van der Waals surface area contributed by atoms with Gasteiger partial charge in [-0.25, -0.2) is 4.79 Å². The van der Waals surface area contributed by atoms with E-state index in [9.17, 15) is 9.59 Å². The second-order valence-electron chi connectivity index (χ2n) is 5.25. The molecule has 0 bridgehead atoms. The Morgan fingerprint density at radius 3 is 2.48 bits per heavy atom. The molecule has 0 fully saturated rings. The molecule has 21 heavy (non-hydrogen) atoms. The largest absolute Gasteiger partial charge is 0.495 e. The van der Waals surface area contributed by atoms with Crippen molar-refractivity contribution in [2.24, 2.45) is 0 Å². The van der Waals surface area contributed by atoms with Gasteiger partial charge in [0.1, 0.15) is 17.9 Å². The van der Waals surface area contributed by atoms with Crippen LogP contribution in [0, 0.1) is 0 Å². The smallest absolute Gasteiger partial charge is 0.408 e. The van der Waals surface area contributed by atoms with Gasteiger partial charge < -0.3 is 20.1 Å². The minimum atomic E-state index is -0.648. The van der Waals surface area contributed by atoms with E-state index in [2.05, 4.69) is 10.6 Å². The van der Waals surface area contributed by atoms with Crippen LogP contribution in [0.1, 0.15) is 20.8 Å². The standard InChI is InChI=1S/C14H19ClN2O4/c1-14(2,3)21-13(19)16-8-12(18)17-9-5-6-11(20-4)10(15)7-9/h5-7H,8H2,1-4H3,(H,16,19)(H,17,18). The van der Waals surface area contributed by atoms with Gasteiger partial charge in [0.05, 0.1) is 12.1 Å². The molecule has 0 unspecified atom stereocenters. The average molecular weight is 315 g/mol. The van der Waals surface area contributed by atoms with E-state index in [4.69, 9.17) is 21.1 Å². The van der Waals surface area contributed by atoms with Gasteiger partial charge in [-0.15, -0.1) is 0 Å². The Labute approximate surface area is 128 Å². The van der Waals surface area contributed by atoms with Crippen molar-refractivity contribution in [2.45, 2.75) is 26.4 Å². The lowest BCUT2D eigenvalue weighted by Crippen LogP contribution is -2.37. The predicted molar refractivity (Wildman–Crippen MR) is 80.9 cm³/mol. The van der Waals surface area contributed by atoms with E-state index in [1.54, 1.807) is 39.0 Å². The highest BCUT2D eigenvalue weighted by molar-refractivity contribution is 6.32. The molecule has 1 aromatic carbocycles. The predicted octanol–water partition coefficient (Wildman–Crippen LogP) is 2.81. The van der Waals surface area contributed by atoms with Crippen molar-refractivity contribution in [3.8, 4) is 5.75 Å². The van der Waals surface area contributed by atoms with Crippen LogP contribution in [0.25, 0.3) is 0 Å². The van der Waals surface area contributed by atoms with Gasteiger partial charge in [-0.3, -0.25) is 4.79 Å². The number of amides is 2. The summed E-state index contributed by atoms with van der Waals surface area (Å²) in [4.78, 5) is 23.1. The van der Waals surface area contributed by atoms with Crippen LogP contribution in [-0.2, 0) is 9.53 Å². The molecule has 116 valence electrons. The normalized spacial score (nSPS) is 10.7. The molecular weight excluding hydrogens is 296 g/mol. The fourth-order valence-electron chi connectivity index (χ4n) is 1.42. The van der Waals surface area contributed by atoms with E-state index < -0.39 is 11.7 Å². The molecule has 0 radical (unpaired) electrons. The molecule has 0 spiro atoms. The molecular formula is C14H19ClN2O4. The van der Waals surface area contributed by atoms with Crippen LogP contribution < -0.4 is 15.4 Å². The highest BCUT2D eigenvalue weighted by Crippen LogP contribution is 2.27. The Morgan fingerprint density at radius 2 is 1.95 bits per heavy atom. The van der Waals surface area contributed by atoms with Crippen LogP contribution in [0.2, 0.25) is 5.02 Å². The molecule has 0 aliphatic heterocycles. The van der Waals surface area contributed by atoms with Gasteiger partial charge in [-0.1, -0.05) is 11.6 Å².